The van der Waals surface area contributed by atoms with Crippen LogP contribution in [0.5, 0.6) is 0 Å². The molecule has 4 nitrogen and oxygen atoms in total. The fourth-order valence-electron chi connectivity index (χ4n) is 3.24. The highest BCUT2D eigenvalue weighted by Gasteiger charge is 2.24. The standard InChI is InChI=1S/C25H48O4/c1-20(2)13-9-7-11-17-28-24(26)19-23(16-15-22(5)6)25(27)29-18-12-8-10-14-21(3)4/h20-23H,7-19H2,1-6H3. The number of hydrogen-bond acceptors (Lipinski definition) is 4. The Morgan fingerprint density at radius 3 is 1.55 bits per heavy atom. The summed E-state index contributed by atoms with van der Waals surface area (Å²) in [4.78, 5) is 24.7. The molecule has 0 aromatic carbocycles. The van der Waals surface area contributed by atoms with Crippen LogP contribution in [0.2, 0.25) is 0 Å². The van der Waals surface area contributed by atoms with Crippen LogP contribution in [0.4, 0.5) is 0 Å². The van der Waals surface area contributed by atoms with Gasteiger partial charge in [0.2, 0.25) is 0 Å². The SMILES string of the molecule is CC(C)CCCCCOC(=O)CC(CCC(C)C)C(=O)OCCCCCC(C)C. The molecule has 0 N–H and O–H groups in total. The molecule has 0 heterocycles. The first-order valence-corrected chi connectivity index (χ1v) is 12.0. The summed E-state index contributed by atoms with van der Waals surface area (Å²) in [7, 11) is 0. The van der Waals surface area contributed by atoms with Crippen LogP contribution in [0.25, 0.3) is 0 Å². The smallest absolute Gasteiger partial charge is 0.309 e. The van der Waals surface area contributed by atoms with Crippen molar-refractivity contribution in [2.24, 2.45) is 23.7 Å². The minimum atomic E-state index is -0.374. The van der Waals surface area contributed by atoms with E-state index >= 15 is 0 Å². The molecular formula is C25H48O4. The molecule has 0 aromatic heterocycles. The van der Waals surface area contributed by atoms with Crippen LogP contribution in [-0.2, 0) is 19.1 Å². The predicted octanol–water partition coefficient (Wildman–Crippen LogP) is 6.95. The van der Waals surface area contributed by atoms with Gasteiger partial charge in [0.05, 0.1) is 25.6 Å². The van der Waals surface area contributed by atoms with Crippen LogP contribution in [-0.4, -0.2) is 25.2 Å². The highest BCUT2D eigenvalue weighted by atomic mass is 16.5. The van der Waals surface area contributed by atoms with Crippen molar-refractivity contribution in [3.63, 3.8) is 0 Å². The van der Waals surface area contributed by atoms with Gasteiger partial charge in [-0.25, -0.2) is 0 Å². The van der Waals surface area contributed by atoms with Crippen molar-refractivity contribution in [3.05, 3.63) is 0 Å². The fourth-order valence-corrected chi connectivity index (χ4v) is 3.24. The number of carbonyl (C=O) groups is 2. The number of ether oxygens (including phenoxy) is 2. The Morgan fingerprint density at radius 1 is 0.586 bits per heavy atom. The first-order valence-electron chi connectivity index (χ1n) is 12.0. The van der Waals surface area contributed by atoms with Gasteiger partial charge in [0.1, 0.15) is 0 Å². The second kappa shape index (κ2) is 17.8. The lowest BCUT2D eigenvalue weighted by Gasteiger charge is -2.17. The number of carbonyl (C=O) groups excluding carboxylic acids is 2. The van der Waals surface area contributed by atoms with Crippen LogP contribution in [0.15, 0.2) is 0 Å². The van der Waals surface area contributed by atoms with Crippen molar-refractivity contribution in [2.45, 2.75) is 112 Å². The van der Waals surface area contributed by atoms with E-state index in [0.29, 0.717) is 25.6 Å². The number of rotatable bonds is 18. The van der Waals surface area contributed by atoms with Gasteiger partial charge in [0.15, 0.2) is 0 Å². The number of esters is 2. The van der Waals surface area contributed by atoms with Gasteiger partial charge in [-0.1, -0.05) is 86.5 Å². The average molecular weight is 413 g/mol. The van der Waals surface area contributed by atoms with Gasteiger partial charge in [-0.05, 0) is 37.0 Å². The van der Waals surface area contributed by atoms with E-state index in [4.69, 9.17) is 9.47 Å². The molecule has 0 saturated carbocycles. The summed E-state index contributed by atoms with van der Waals surface area (Å²) in [6, 6.07) is 0. The second-order valence-electron chi connectivity index (χ2n) is 9.75. The zero-order valence-electron chi connectivity index (χ0n) is 20.1. The van der Waals surface area contributed by atoms with E-state index in [1.165, 1.54) is 25.7 Å². The largest absolute Gasteiger partial charge is 0.466 e. The molecule has 0 radical (unpaired) electrons. The Labute approximate surface area is 180 Å². The quantitative estimate of drug-likeness (QED) is 0.180. The summed E-state index contributed by atoms with van der Waals surface area (Å²) in [6.45, 7) is 14.1. The monoisotopic (exact) mass is 412 g/mol. The highest BCUT2D eigenvalue weighted by molar-refractivity contribution is 5.79. The van der Waals surface area contributed by atoms with Crippen molar-refractivity contribution in [1.29, 1.82) is 0 Å². The van der Waals surface area contributed by atoms with Crippen molar-refractivity contribution in [2.75, 3.05) is 13.2 Å². The molecule has 0 aliphatic rings. The van der Waals surface area contributed by atoms with Gasteiger partial charge in [-0.3, -0.25) is 9.59 Å². The van der Waals surface area contributed by atoms with E-state index in [-0.39, 0.29) is 24.3 Å². The van der Waals surface area contributed by atoms with Crippen molar-refractivity contribution in [1.82, 2.24) is 0 Å². The Morgan fingerprint density at radius 2 is 1.07 bits per heavy atom. The minimum absolute atomic E-state index is 0.144. The van der Waals surface area contributed by atoms with E-state index in [1.807, 2.05) is 0 Å². The van der Waals surface area contributed by atoms with Crippen LogP contribution >= 0.6 is 0 Å². The summed E-state index contributed by atoms with van der Waals surface area (Å²) in [5, 5.41) is 0. The van der Waals surface area contributed by atoms with Crippen molar-refractivity contribution in [3.8, 4) is 0 Å². The normalized spacial score (nSPS) is 12.6. The molecule has 0 fully saturated rings. The molecule has 0 bridgehead atoms. The van der Waals surface area contributed by atoms with Gasteiger partial charge < -0.3 is 9.47 Å². The Balaban J connectivity index is 4.17. The first kappa shape index (κ1) is 27.9. The van der Waals surface area contributed by atoms with E-state index in [9.17, 15) is 9.59 Å². The van der Waals surface area contributed by atoms with Crippen LogP contribution in [0.1, 0.15) is 112 Å². The fraction of sp³-hybridized carbons (Fsp3) is 0.920. The van der Waals surface area contributed by atoms with Crippen molar-refractivity contribution < 1.29 is 19.1 Å². The lowest BCUT2D eigenvalue weighted by molar-refractivity contribution is -0.155. The third-order valence-corrected chi connectivity index (χ3v) is 5.20. The lowest BCUT2D eigenvalue weighted by atomic mass is 9.95. The maximum atomic E-state index is 12.5. The van der Waals surface area contributed by atoms with Gasteiger partial charge in [0.25, 0.3) is 0 Å². The van der Waals surface area contributed by atoms with Crippen LogP contribution in [0, 0.1) is 23.7 Å². The molecule has 0 saturated heterocycles. The van der Waals surface area contributed by atoms with Gasteiger partial charge >= 0.3 is 11.9 Å². The zero-order valence-corrected chi connectivity index (χ0v) is 20.1. The average Bonchev–Trinajstić information content (AvgIpc) is 2.63. The molecular weight excluding hydrogens is 364 g/mol. The van der Waals surface area contributed by atoms with Gasteiger partial charge in [-0.15, -0.1) is 0 Å². The molecule has 1 atom stereocenters. The van der Waals surface area contributed by atoms with Gasteiger partial charge in [0, 0.05) is 0 Å². The summed E-state index contributed by atoms with van der Waals surface area (Å²) in [6.07, 6.45) is 10.5. The molecule has 4 heteroatoms. The van der Waals surface area contributed by atoms with Crippen molar-refractivity contribution >= 4 is 11.9 Å². The Hall–Kier alpha value is -1.06. The molecule has 0 amide bonds. The summed E-state index contributed by atoms with van der Waals surface area (Å²) < 4.78 is 10.8. The third kappa shape index (κ3) is 18.7. The van der Waals surface area contributed by atoms with E-state index in [0.717, 1.165) is 43.9 Å². The topological polar surface area (TPSA) is 52.6 Å². The second-order valence-corrected chi connectivity index (χ2v) is 9.75. The highest BCUT2D eigenvalue weighted by Crippen LogP contribution is 2.19. The lowest BCUT2D eigenvalue weighted by Crippen LogP contribution is -2.23. The Bertz CT molecular complexity index is 415. The van der Waals surface area contributed by atoms with E-state index in [2.05, 4.69) is 41.5 Å². The maximum Gasteiger partial charge on any atom is 0.309 e. The predicted molar refractivity (Wildman–Crippen MR) is 121 cm³/mol. The molecule has 172 valence electrons. The molecule has 0 rings (SSSR count). The molecule has 0 aliphatic carbocycles. The van der Waals surface area contributed by atoms with Crippen LogP contribution in [0.3, 0.4) is 0 Å². The summed E-state index contributed by atoms with van der Waals surface area (Å²) in [5.74, 6) is 1.07. The van der Waals surface area contributed by atoms with E-state index < -0.39 is 0 Å². The zero-order chi connectivity index (χ0) is 22.1. The molecule has 0 spiro atoms. The molecule has 0 aliphatic heterocycles. The number of unbranched alkanes of at least 4 members (excludes halogenated alkanes) is 4. The minimum Gasteiger partial charge on any atom is -0.466 e. The molecule has 0 aromatic rings. The number of hydrogen-bond donors (Lipinski definition) is 0. The van der Waals surface area contributed by atoms with E-state index in [1.54, 1.807) is 0 Å². The van der Waals surface area contributed by atoms with Crippen LogP contribution < -0.4 is 0 Å². The summed E-state index contributed by atoms with van der Waals surface area (Å²) >= 11 is 0. The van der Waals surface area contributed by atoms with Gasteiger partial charge in [-0.2, -0.15) is 0 Å². The first-order chi connectivity index (χ1) is 13.7. The molecule has 1 unspecified atom stereocenters. The Kier molecular flexibility index (Phi) is 17.1. The molecule has 29 heavy (non-hydrogen) atoms. The summed E-state index contributed by atoms with van der Waals surface area (Å²) in [5.41, 5.74) is 0. The third-order valence-electron chi connectivity index (χ3n) is 5.20. The maximum absolute atomic E-state index is 12.5.